The molecule has 0 aliphatic carbocycles. The van der Waals surface area contributed by atoms with Gasteiger partial charge in [-0.15, -0.1) is 0 Å². The summed E-state index contributed by atoms with van der Waals surface area (Å²) in [6, 6.07) is 2.50. The van der Waals surface area contributed by atoms with Crippen LogP contribution in [0.1, 0.15) is 77.1 Å². The van der Waals surface area contributed by atoms with Crippen molar-refractivity contribution in [3.8, 4) is 0 Å². The first-order chi connectivity index (χ1) is 17.6. The minimum absolute atomic E-state index is 0.344. The largest absolute Gasteiger partial charge is 0.468 e. The Labute approximate surface area is 226 Å². The summed E-state index contributed by atoms with van der Waals surface area (Å²) in [5.41, 5.74) is 1.65. The first-order valence-electron chi connectivity index (χ1n) is 12.9. The van der Waals surface area contributed by atoms with Crippen LogP contribution in [0.15, 0.2) is 18.2 Å². The van der Waals surface area contributed by atoms with E-state index < -0.39 is 54.2 Å². The van der Waals surface area contributed by atoms with Crippen molar-refractivity contribution in [1.29, 1.82) is 0 Å². The summed E-state index contributed by atoms with van der Waals surface area (Å²) in [6.45, 7) is 13.8. The minimum atomic E-state index is -1.35. The minimum Gasteiger partial charge on any atom is -0.468 e. The highest BCUT2D eigenvalue weighted by atomic mass is 16.6. The van der Waals surface area contributed by atoms with E-state index >= 15 is 0 Å². The first kappa shape index (κ1) is 32.9. The molecule has 0 bridgehead atoms. The summed E-state index contributed by atoms with van der Waals surface area (Å²) in [4.78, 5) is 53.1. The lowest BCUT2D eigenvalue weighted by atomic mass is 9.95. The Morgan fingerprint density at radius 3 is 2.16 bits per heavy atom. The zero-order valence-corrected chi connectivity index (χ0v) is 24.2. The smallest absolute Gasteiger partial charge is 0.408 e. The quantitative estimate of drug-likeness (QED) is 0.350. The number of rotatable bonds is 12. The number of esters is 1. The molecular formula is C28H45N3O7. The third kappa shape index (κ3) is 10.3. The molecular weight excluding hydrogens is 490 g/mol. The normalized spacial score (nSPS) is 13.8. The topological polar surface area (TPSA) is 134 Å². The highest BCUT2D eigenvalue weighted by molar-refractivity contribution is 5.93. The van der Waals surface area contributed by atoms with Gasteiger partial charge in [-0.2, -0.15) is 0 Å². The van der Waals surface area contributed by atoms with Gasteiger partial charge >= 0.3 is 12.1 Å². The van der Waals surface area contributed by atoms with Gasteiger partial charge in [0.15, 0.2) is 0 Å². The van der Waals surface area contributed by atoms with Gasteiger partial charge in [-0.05, 0) is 77.0 Å². The van der Waals surface area contributed by atoms with Gasteiger partial charge in [0.05, 0.1) is 13.7 Å². The van der Waals surface area contributed by atoms with Crippen molar-refractivity contribution in [3.05, 3.63) is 34.9 Å². The predicted molar refractivity (Wildman–Crippen MR) is 144 cm³/mol. The molecule has 1 aromatic rings. The number of carbonyl (C=O) groups is 4. The van der Waals surface area contributed by atoms with E-state index in [-0.39, 0.29) is 6.54 Å². The summed E-state index contributed by atoms with van der Waals surface area (Å²) in [5.74, 6) is -1.53. The molecule has 0 spiro atoms. The van der Waals surface area contributed by atoms with Crippen LogP contribution in [0.2, 0.25) is 0 Å². The zero-order chi connectivity index (χ0) is 29.2. The number of aliphatic hydroxyl groups excluding tert-OH is 1. The molecule has 0 saturated heterocycles. The fraction of sp³-hybridized carbons (Fsp3) is 0.643. The molecule has 0 aliphatic rings. The highest BCUT2D eigenvalue weighted by Crippen LogP contribution is 2.29. The highest BCUT2D eigenvalue weighted by Gasteiger charge is 2.39. The molecule has 3 unspecified atom stereocenters. The maximum atomic E-state index is 14.0. The molecule has 10 heteroatoms. The van der Waals surface area contributed by atoms with Crippen molar-refractivity contribution in [3.63, 3.8) is 0 Å². The molecule has 0 aromatic heterocycles. The van der Waals surface area contributed by atoms with Crippen molar-refractivity contribution in [1.82, 2.24) is 15.5 Å². The lowest BCUT2D eigenvalue weighted by molar-refractivity contribution is -0.147. The second-order valence-electron chi connectivity index (χ2n) is 11.0. The van der Waals surface area contributed by atoms with E-state index in [2.05, 4.69) is 29.2 Å². The average molecular weight is 536 g/mol. The van der Waals surface area contributed by atoms with E-state index in [1.54, 1.807) is 26.8 Å². The Balaban J connectivity index is 3.57. The van der Waals surface area contributed by atoms with Gasteiger partial charge in [0, 0.05) is 6.04 Å². The van der Waals surface area contributed by atoms with Crippen LogP contribution < -0.4 is 10.6 Å². The number of hydrogen-bond donors (Lipinski definition) is 3. The Morgan fingerprint density at radius 1 is 1.03 bits per heavy atom. The summed E-state index contributed by atoms with van der Waals surface area (Å²) in [6.07, 6.45) is 0.481. The van der Waals surface area contributed by atoms with E-state index in [4.69, 9.17) is 4.74 Å². The second-order valence-corrected chi connectivity index (χ2v) is 11.0. The molecule has 38 heavy (non-hydrogen) atoms. The van der Waals surface area contributed by atoms with Gasteiger partial charge in [0.2, 0.25) is 11.8 Å². The number of carbonyl (C=O) groups excluding carboxylic acids is 4. The Hall–Kier alpha value is -3.14. The Morgan fingerprint density at radius 2 is 1.66 bits per heavy atom. The molecule has 0 radical (unpaired) electrons. The van der Waals surface area contributed by atoms with Crippen molar-refractivity contribution in [2.24, 2.45) is 5.92 Å². The van der Waals surface area contributed by atoms with Crippen LogP contribution in [-0.2, 0) is 23.9 Å². The van der Waals surface area contributed by atoms with Crippen LogP contribution in [0, 0.1) is 19.8 Å². The van der Waals surface area contributed by atoms with E-state index in [9.17, 15) is 24.3 Å². The van der Waals surface area contributed by atoms with Gasteiger partial charge in [-0.1, -0.05) is 32.0 Å². The molecule has 0 heterocycles. The maximum Gasteiger partial charge on any atom is 0.408 e. The molecule has 10 nitrogen and oxygen atoms in total. The van der Waals surface area contributed by atoms with Crippen molar-refractivity contribution >= 4 is 23.9 Å². The number of ether oxygens (including phenoxy) is 2. The zero-order valence-electron chi connectivity index (χ0n) is 24.2. The number of hydrogen-bond acceptors (Lipinski definition) is 7. The summed E-state index contributed by atoms with van der Waals surface area (Å²) >= 11 is 0. The fourth-order valence-corrected chi connectivity index (χ4v) is 3.83. The number of amides is 3. The third-order valence-corrected chi connectivity index (χ3v) is 6.07. The van der Waals surface area contributed by atoms with E-state index in [0.717, 1.165) is 17.5 Å². The van der Waals surface area contributed by atoms with E-state index in [1.165, 1.54) is 12.0 Å². The molecule has 0 fully saturated rings. The summed E-state index contributed by atoms with van der Waals surface area (Å²) < 4.78 is 9.93. The van der Waals surface area contributed by atoms with Crippen LogP contribution in [0.3, 0.4) is 0 Å². The predicted octanol–water partition coefficient (Wildman–Crippen LogP) is 3.17. The second kappa shape index (κ2) is 14.7. The number of aryl methyl sites for hydroxylation is 2. The van der Waals surface area contributed by atoms with Gasteiger partial charge in [-0.25, -0.2) is 4.79 Å². The van der Waals surface area contributed by atoms with Crippen LogP contribution in [-0.4, -0.2) is 71.8 Å². The molecule has 0 saturated carbocycles. The van der Waals surface area contributed by atoms with Crippen LogP contribution in [0.4, 0.5) is 4.79 Å². The Kier molecular flexibility index (Phi) is 12.7. The Bertz CT molecular complexity index is 972. The van der Waals surface area contributed by atoms with Gasteiger partial charge in [0.25, 0.3) is 0 Å². The molecule has 1 aromatic carbocycles. The fourth-order valence-electron chi connectivity index (χ4n) is 3.83. The van der Waals surface area contributed by atoms with Gasteiger partial charge in [0.1, 0.15) is 24.2 Å². The maximum absolute atomic E-state index is 14.0. The van der Waals surface area contributed by atoms with Gasteiger partial charge in [-0.3, -0.25) is 14.4 Å². The number of methoxy groups -OCH3 is 1. The summed E-state index contributed by atoms with van der Waals surface area (Å²) in [5, 5.41) is 15.1. The van der Waals surface area contributed by atoms with Gasteiger partial charge < -0.3 is 30.1 Å². The molecule has 0 aliphatic heterocycles. The molecule has 3 amide bonds. The van der Waals surface area contributed by atoms with E-state index in [1.807, 2.05) is 32.9 Å². The lowest BCUT2D eigenvalue weighted by Crippen LogP contribution is -2.57. The monoisotopic (exact) mass is 535 g/mol. The summed E-state index contributed by atoms with van der Waals surface area (Å²) in [7, 11) is 1.22. The molecule has 214 valence electrons. The third-order valence-electron chi connectivity index (χ3n) is 6.07. The molecule has 1 rings (SSSR count). The van der Waals surface area contributed by atoms with Crippen LogP contribution in [0.5, 0.6) is 0 Å². The van der Waals surface area contributed by atoms with Crippen LogP contribution in [0.25, 0.3) is 0 Å². The van der Waals surface area contributed by atoms with Crippen molar-refractivity contribution < 1.29 is 33.8 Å². The lowest BCUT2D eigenvalue weighted by Gasteiger charge is -2.38. The average Bonchev–Trinajstić information content (AvgIpc) is 2.82. The SMILES string of the molecule is COC(=O)CNC(=O)C(c1ccc(C)c(C)c1)N(C(=O)C(CO)NC(=O)OC(C)(C)C)C(C)CCC(C)C. The molecule has 3 N–H and O–H groups in total. The molecule has 3 atom stereocenters. The number of benzene rings is 1. The number of nitrogens with one attached hydrogen (secondary N) is 2. The van der Waals surface area contributed by atoms with E-state index in [0.29, 0.717) is 17.9 Å². The number of nitrogens with zero attached hydrogens (tertiary/aromatic N) is 1. The first-order valence-corrected chi connectivity index (χ1v) is 12.9. The van der Waals surface area contributed by atoms with Crippen molar-refractivity contribution in [2.45, 2.75) is 92.0 Å². The standard InChI is InChI=1S/C28H45N3O7/c1-17(2)10-12-20(5)31(26(35)22(16-32)30-27(36)38-28(6,7)8)24(25(34)29-15-23(33)37-9)21-13-11-18(3)19(4)14-21/h11,13-14,17,20,22,24,32H,10,12,15-16H2,1-9H3,(H,29,34)(H,30,36). The van der Waals surface area contributed by atoms with Crippen LogP contribution >= 0.6 is 0 Å². The number of aliphatic hydroxyl groups is 1. The van der Waals surface area contributed by atoms with Crippen molar-refractivity contribution in [2.75, 3.05) is 20.3 Å². The number of alkyl carbamates (subject to hydrolysis) is 1.